The Hall–Kier alpha value is -0.820. The molecule has 1 rings (SSSR count). The van der Waals surface area contributed by atoms with Crippen LogP contribution >= 0.6 is 24.0 Å². The summed E-state index contributed by atoms with van der Waals surface area (Å²) in [6.45, 7) is 7.28. The maximum Gasteiger partial charge on any atom is 0.191 e. The van der Waals surface area contributed by atoms with Gasteiger partial charge in [-0.25, -0.2) is 0 Å². The zero-order chi connectivity index (χ0) is 13.9. The molecule has 1 aromatic carbocycles. The van der Waals surface area contributed by atoms with Gasteiger partial charge in [0.25, 0.3) is 0 Å². The van der Waals surface area contributed by atoms with Crippen molar-refractivity contribution < 1.29 is 4.74 Å². The van der Waals surface area contributed by atoms with Crippen LogP contribution in [0.1, 0.15) is 25.3 Å². The summed E-state index contributed by atoms with van der Waals surface area (Å²) < 4.78 is 5.28. The Labute approximate surface area is 139 Å². The fourth-order valence-electron chi connectivity index (χ4n) is 1.76. The van der Waals surface area contributed by atoms with Crippen LogP contribution in [0.25, 0.3) is 0 Å². The van der Waals surface area contributed by atoms with E-state index in [-0.39, 0.29) is 24.0 Å². The minimum Gasteiger partial charge on any atom is -0.380 e. The Kier molecular flexibility index (Phi) is 11.5. The molecule has 4 nitrogen and oxygen atoms in total. The van der Waals surface area contributed by atoms with Crippen LogP contribution < -0.4 is 10.6 Å². The van der Waals surface area contributed by atoms with E-state index in [1.807, 2.05) is 13.0 Å². The fourth-order valence-corrected chi connectivity index (χ4v) is 1.76. The summed E-state index contributed by atoms with van der Waals surface area (Å²) in [4.78, 5) is 4.19. The van der Waals surface area contributed by atoms with E-state index in [9.17, 15) is 0 Å². The molecule has 0 aliphatic carbocycles. The van der Waals surface area contributed by atoms with Gasteiger partial charge in [0.05, 0.1) is 6.61 Å². The van der Waals surface area contributed by atoms with Crippen molar-refractivity contribution in [1.82, 2.24) is 10.6 Å². The van der Waals surface area contributed by atoms with Gasteiger partial charge >= 0.3 is 0 Å². The van der Waals surface area contributed by atoms with Crippen molar-refractivity contribution in [2.75, 3.05) is 33.4 Å². The van der Waals surface area contributed by atoms with Crippen molar-refractivity contribution in [3.05, 3.63) is 35.9 Å². The van der Waals surface area contributed by atoms with Gasteiger partial charge in [-0.3, -0.25) is 4.99 Å². The van der Waals surface area contributed by atoms with Crippen LogP contribution in [-0.2, 0) is 4.74 Å². The van der Waals surface area contributed by atoms with Gasteiger partial charge in [-0.15, -0.1) is 24.0 Å². The Morgan fingerprint density at radius 1 is 1.25 bits per heavy atom. The van der Waals surface area contributed by atoms with Gasteiger partial charge in [-0.05, 0) is 18.4 Å². The van der Waals surface area contributed by atoms with Gasteiger partial charge in [0.2, 0.25) is 0 Å². The average molecular weight is 391 g/mol. The van der Waals surface area contributed by atoms with E-state index in [0.29, 0.717) is 12.5 Å². The first-order valence-corrected chi connectivity index (χ1v) is 6.85. The monoisotopic (exact) mass is 391 g/mol. The van der Waals surface area contributed by atoms with Crippen LogP contribution in [0.4, 0.5) is 0 Å². The van der Waals surface area contributed by atoms with Crippen molar-refractivity contribution in [2.24, 2.45) is 4.99 Å². The molecule has 0 aliphatic rings. The molecule has 1 unspecified atom stereocenters. The molecule has 1 aromatic rings. The Balaban J connectivity index is 0.00000361. The second kappa shape index (κ2) is 12.0. The molecule has 0 bridgehead atoms. The van der Waals surface area contributed by atoms with Crippen LogP contribution in [0.5, 0.6) is 0 Å². The lowest BCUT2D eigenvalue weighted by atomic mass is 10.0. The number of ether oxygens (including phenoxy) is 1. The third-order valence-electron chi connectivity index (χ3n) is 2.91. The first-order chi connectivity index (χ1) is 9.27. The van der Waals surface area contributed by atoms with E-state index >= 15 is 0 Å². The van der Waals surface area contributed by atoms with Gasteiger partial charge in [0, 0.05) is 26.7 Å². The van der Waals surface area contributed by atoms with Crippen LogP contribution in [0, 0.1) is 0 Å². The molecule has 0 aliphatic heterocycles. The summed E-state index contributed by atoms with van der Waals surface area (Å²) in [6.07, 6.45) is 0. The molecule has 1 atom stereocenters. The highest BCUT2D eigenvalue weighted by Gasteiger charge is 2.05. The molecule has 20 heavy (non-hydrogen) atoms. The molecule has 0 saturated heterocycles. The second-order valence-electron chi connectivity index (χ2n) is 4.39. The van der Waals surface area contributed by atoms with Gasteiger partial charge in [0.15, 0.2) is 5.96 Å². The smallest absolute Gasteiger partial charge is 0.191 e. The van der Waals surface area contributed by atoms with E-state index in [2.05, 4.69) is 46.8 Å². The van der Waals surface area contributed by atoms with Crippen molar-refractivity contribution in [3.63, 3.8) is 0 Å². The normalized spacial score (nSPS) is 12.4. The maximum atomic E-state index is 5.28. The van der Waals surface area contributed by atoms with Crippen LogP contribution in [-0.4, -0.2) is 39.3 Å². The Morgan fingerprint density at radius 2 is 1.95 bits per heavy atom. The van der Waals surface area contributed by atoms with Gasteiger partial charge in [0.1, 0.15) is 0 Å². The fraction of sp³-hybridized carbons (Fsp3) is 0.533. The molecule has 0 saturated carbocycles. The SMILES string of the molecule is CCOCCNC(=NC)NCC(C)c1ccccc1.I. The van der Waals surface area contributed by atoms with Crippen molar-refractivity contribution in [2.45, 2.75) is 19.8 Å². The summed E-state index contributed by atoms with van der Waals surface area (Å²) in [5, 5.41) is 6.55. The average Bonchev–Trinajstić information content (AvgIpc) is 2.47. The third-order valence-corrected chi connectivity index (χ3v) is 2.91. The molecule has 0 aromatic heterocycles. The van der Waals surface area contributed by atoms with E-state index in [4.69, 9.17) is 4.74 Å². The van der Waals surface area contributed by atoms with Crippen molar-refractivity contribution in [1.29, 1.82) is 0 Å². The number of benzene rings is 1. The predicted octanol–water partition coefficient (Wildman–Crippen LogP) is 2.61. The lowest BCUT2D eigenvalue weighted by Crippen LogP contribution is -2.40. The molecule has 0 fully saturated rings. The number of guanidine groups is 1. The largest absolute Gasteiger partial charge is 0.380 e. The van der Waals surface area contributed by atoms with Crippen LogP contribution in [0.3, 0.4) is 0 Å². The lowest BCUT2D eigenvalue weighted by Gasteiger charge is -2.16. The van der Waals surface area contributed by atoms with Crippen LogP contribution in [0.2, 0.25) is 0 Å². The summed E-state index contributed by atoms with van der Waals surface area (Å²) in [5.74, 6) is 1.27. The molecular weight excluding hydrogens is 365 g/mol. The van der Waals surface area contributed by atoms with E-state index in [1.54, 1.807) is 7.05 Å². The third kappa shape index (κ3) is 7.69. The number of rotatable bonds is 7. The molecular formula is C15H26IN3O. The zero-order valence-corrected chi connectivity index (χ0v) is 14.9. The number of hydrogen-bond acceptors (Lipinski definition) is 2. The molecule has 0 radical (unpaired) electrons. The molecule has 0 spiro atoms. The quantitative estimate of drug-likeness (QED) is 0.325. The van der Waals surface area contributed by atoms with Crippen molar-refractivity contribution >= 4 is 29.9 Å². The Morgan fingerprint density at radius 3 is 2.55 bits per heavy atom. The predicted molar refractivity (Wildman–Crippen MR) is 96.1 cm³/mol. The molecule has 114 valence electrons. The van der Waals surface area contributed by atoms with E-state index in [1.165, 1.54) is 5.56 Å². The standard InChI is InChI=1S/C15H25N3O.HI/c1-4-19-11-10-17-15(16-3)18-12-13(2)14-8-6-5-7-9-14;/h5-9,13H,4,10-12H2,1-3H3,(H2,16,17,18);1H. The summed E-state index contributed by atoms with van der Waals surface area (Å²) in [5.41, 5.74) is 1.33. The zero-order valence-electron chi connectivity index (χ0n) is 12.6. The molecule has 5 heteroatoms. The Bertz CT molecular complexity index is 371. The highest BCUT2D eigenvalue weighted by atomic mass is 127. The second-order valence-corrected chi connectivity index (χ2v) is 4.39. The number of aliphatic imine (C=N–C) groups is 1. The number of nitrogens with zero attached hydrogens (tertiary/aromatic N) is 1. The number of nitrogens with one attached hydrogen (secondary N) is 2. The molecule has 0 heterocycles. The lowest BCUT2D eigenvalue weighted by molar-refractivity contribution is 0.152. The topological polar surface area (TPSA) is 45.6 Å². The number of halogens is 1. The maximum absolute atomic E-state index is 5.28. The summed E-state index contributed by atoms with van der Waals surface area (Å²) in [7, 11) is 1.78. The highest BCUT2D eigenvalue weighted by Crippen LogP contribution is 2.12. The molecule has 2 N–H and O–H groups in total. The summed E-state index contributed by atoms with van der Waals surface area (Å²) in [6, 6.07) is 10.5. The van der Waals surface area contributed by atoms with Gasteiger partial charge in [-0.2, -0.15) is 0 Å². The number of hydrogen-bond donors (Lipinski definition) is 2. The molecule has 0 amide bonds. The van der Waals surface area contributed by atoms with E-state index < -0.39 is 0 Å². The minimum atomic E-state index is 0. The summed E-state index contributed by atoms with van der Waals surface area (Å²) >= 11 is 0. The van der Waals surface area contributed by atoms with Gasteiger partial charge < -0.3 is 15.4 Å². The van der Waals surface area contributed by atoms with Crippen molar-refractivity contribution in [3.8, 4) is 0 Å². The first-order valence-electron chi connectivity index (χ1n) is 6.85. The van der Waals surface area contributed by atoms with Gasteiger partial charge in [-0.1, -0.05) is 37.3 Å². The van der Waals surface area contributed by atoms with Crippen LogP contribution in [0.15, 0.2) is 35.3 Å². The first kappa shape index (κ1) is 19.2. The highest BCUT2D eigenvalue weighted by molar-refractivity contribution is 14.0. The minimum absolute atomic E-state index is 0. The van der Waals surface area contributed by atoms with E-state index in [0.717, 1.165) is 25.7 Å².